The van der Waals surface area contributed by atoms with E-state index >= 15 is 0 Å². The van der Waals surface area contributed by atoms with Crippen molar-refractivity contribution in [2.24, 2.45) is 0 Å². The average molecular weight is 328 g/mol. The second-order valence-corrected chi connectivity index (χ2v) is 6.55. The number of carbonyl (C=O) groups is 1. The van der Waals surface area contributed by atoms with Crippen LogP contribution in [0.1, 0.15) is 41.0 Å². The van der Waals surface area contributed by atoms with Crippen LogP contribution in [0.3, 0.4) is 0 Å². The number of benzene rings is 1. The van der Waals surface area contributed by atoms with E-state index in [9.17, 15) is 4.79 Å². The van der Waals surface area contributed by atoms with Crippen LogP contribution < -0.4 is 15.4 Å². The standard InChI is InChI=1S/C18H24N4O2/c1-10-5-6-15-16(9-24-17(15)13(10)4)20-18(23)19-11(2)7-14-8-12(3)21-22-14/h5-6,8,11,16H,7,9H2,1-4H3,(H,21,22)(H2,19,20,23). The van der Waals surface area contributed by atoms with E-state index in [-0.39, 0.29) is 18.1 Å². The topological polar surface area (TPSA) is 79.0 Å². The zero-order valence-electron chi connectivity index (χ0n) is 14.6. The first kappa shape index (κ1) is 16.4. The third kappa shape index (κ3) is 3.37. The molecule has 1 aliphatic rings. The Labute approximate surface area is 142 Å². The number of hydrogen-bond donors (Lipinski definition) is 3. The largest absolute Gasteiger partial charge is 0.490 e. The van der Waals surface area contributed by atoms with Crippen molar-refractivity contribution in [1.29, 1.82) is 0 Å². The number of nitrogens with zero attached hydrogens (tertiary/aromatic N) is 1. The molecular formula is C18H24N4O2. The summed E-state index contributed by atoms with van der Waals surface area (Å²) in [6.45, 7) is 8.51. The third-order valence-electron chi connectivity index (χ3n) is 4.43. The van der Waals surface area contributed by atoms with Gasteiger partial charge in [0.1, 0.15) is 12.4 Å². The van der Waals surface area contributed by atoms with Gasteiger partial charge >= 0.3 is 6.03 Å². The lowest BCUT2D eigenvalue weighted by Crippen LogP contribution is -2.43. The summed E-state index contributed by atoms with van der Waals surface area (Å²) < 4.78 is 5.77. The molecule has 0 saturated heterocycles. The smallest absolute Gasteiger partial charge is 0.315 e. The lowest BCUT2D eigenvalue weighted by Gasteiger charge is -2.17. The van der Waals surface area contributed by atoms with E-state index in [0.29, 0.717) is 13.0 Å². The number of fused-ring (bicyclic) bond motifs is 1. The molecule has 6 nitrogen and oxygen atoms in total. The van der Waals surface area contributed by atoms with Gasteiger partial charge in [0.2, 0.25) is 0 Å². The fourth-order valence-corrected chi connectivity index (χ4v) is 3.02. The molecule has 0 fully saturated rings. The number of nitrogens with one attached hydrogen (secondary N) is 3. The maximum Gasteiger partial charge on any atom is 0.315 e. The van der Waals surface area contributed by atoms with E-state index < -0.39 is 0 Å². The molecule has 6 heteroatoms. The second kappa shape index (κ2) is 6.55. The van der Waals surface area contributed by atoms with E-state index in [2.05, 4.69) is 33.8 Å². The van der Waals surface area contributed by atoms with Gasteiger partial charge in [0, 0.05) is 23.7 Å². The van der Waals surface area contributed by atoms with Crippen LogP contribution >= 0.6 is 0 Å². The highest BCUT2D eigenvalue weighted by Crippen LogP contribution is 2.36. The molecule has 3 N–H and O–H groups in total. The average Bonchev–Trinajstić information content (AvgIpc) is 3.10. The Morgan fingerprint density at radius 1 is 1.42 bits per heavy atom. The number of aromatic amines is 1. The molecule has 2 aromatic rings. The molecule has 1 aromatic heterocycles. The molecule has 24 heavy (non-hydrogen) atoms. The number of ether oxygens (including phenoxy) is 1. The van der Waals surface area contributed by atoms with Crippen LogP contribution in [0.4, 0.5) is 4.79 Å². The third-order valence-corrected chi connectivity index (χ3v) is 4.43. The first-order valence-electron chi connectivity index (χ1n) is 8.25. The Bertz CT molecular complexity index is 753. The van der Waals surface area contributed by atoms with Gasteiger partial charge in [-0.05, 0) is 44.9 Å². The van der Waals surface area contributed by atoms with Crippen molar-refractivity contribution in [3.8, 4) is 5.75 Å². The summed E-state index contributed by atoms with van der Waals surface area (Å²) in [5, 5.41) is 13.1. The van der Waals surface area contributed by atoms with Crippen LogP contribution in [0.25, 0.3) is 0 Å². The molecule has 3 rings (SSSR count). The number of aromatic nitrogens is 2. The van der Waals surface area contributed by atoms with Crippen LogP contribution in [0, 0.1) is 20.8 Å². The maximum absolute atomic E-state index is 12.3. The van der Waals surface area contributed by atoms with Gasteiger partial charge in [-0.2, -0.15) is 5.10 Å². The zero-order chi connectivity index (χ0) is 17.3. The predicted molar refractivity (Wildman–Crippen MR) is 92.3 cm³/mol. The zero-order valence-corrected chi connectivity index (χ0v) is 14.6. The molecule has 0 bridgehead atoms. The summed E-state index contributed by atoms with van der Waals surface area (Å²) in [4.78, 5) is 12.3. The highest BCUT2D eigenvalue weighted by Gasteiger charge is 2.27. The summed E-state index contributed by atoms with van der Waals surface area (Å²) in [6, 6.07) is 5.79. The Hall–Kier alpha value is -2.50. The fourth-order valence-electron chi connectivity index (χ4n) is 3.02. The molecule has 128 valence electrons. The summed E-state index contributed by atoms with van der Waals surface area (Å²) >= 11 is 0. The summed E-state index contributed by atoms with van der Waals surface area (Å²) in [5.74, 6) is 0.903. The minimum Gasteiger partial charge on any atom is -0.490 e. The van der Waals surface area contributed by atoms with Crippen LogP contribution in [-0.4, -0.2) is 28.9 Å². The molecule has 2 unspecified atom stereocenters. The molecule has 1 aliphatic heterocycles. The number of aryl methyl sites for hydroxylation is 2. The SMILES string of the molecule is Cc1cc(CC(C)NC(=O)NC2COc3c2ccc(C)c3C)n[nH]1. The molecule has 0 radical (unpaired) electrons. The highest BCUT2D eigenvalue weighted by molar-refractivity contribution is 5.75. The van der Waals surface area contributed by atoms with Crippen LogP contribution in [0.2, 0.25) is 0 Å². The first-order valence-corrected chi connectivity index (χ1v) is 8.25. The van der Waals surface area contributed by atoms with Gasteiger partial charge in [-0.1, -0.05) is 12.1 Å². The van der Waals surface area contributed by atoms with Crippen molar-refractivity contribution < 1.29 is 9.53 Å². The Kier molecular flexibility index (Phi) is 4.46. The Morgan fingerprint density at radius 2 is 2.21 bits per heavy atom. The van der Waals surface area contributed by atoms with Crippen LogP contribution in [-0.2, 0) is 6.42 Å². The van der Waals surface area contributed by atoms with E-state index in [1.165, 1.54) is 5.56 Å². The van der Waals surface area contributed by atoms with Gasteiger partial charge in [0.05, 0.1) is 11.7 Å². The van der Waals surface area contributed by atoms with E-state index in [1.807, 2.05) is 32.9 Å². The number of carbonyl (C=O) groups excluding carboxylic acids is 1. The fraction of sp³-hybridized carbons (Fsp3) is 0.444. The lowest BCUT2D eigenvalue weighted by atomic mass is 10.0. The van der Waals surface area contributed by atoms with Gasteiger partial charge in [0.25, 0.3) is 0 Å². The highest BCUT2D eigenvalue weighted by atomic mass is 16.5. The van der Waals surface area contributed by atoms with Crippen molar-refractivity contribution in [2.45, 2.75) is 46.2 Å². The van der Waals surface area contributed by atoms with Crippen molar-refractivity contribution in [3.05, 3.63) is 46.3 Å². The van der Waals surface area contributed by atoms with Crippen LogP contribution in [0.5, 0.6) is 5.75 Å². The molecule has 0 spiro atoms. The van der Waals surface area contributed by atoms with E-state index in [1.54, 1.807) is 0 Å². The Balaban J connectivity index is 1.58. The van der Waals surface area contributed by atoms with E-state index in [0.717, 1.165) is 28.3 Å². The van der Waals surface area contributed by atoms with Gasteiger partial charge in [0.15, 0.2) is 0 Å². The monoisotopic (exact) mass is 328 g/mol. The molecule has 2 heterocycles. The summed E-state index contributed by atoms with van der Waals surface area (Å²) in [6.07, 6.45) is 0.688. The van der Waals surface area contributed by atoms with Crippen molar-refractivity contribution >= 4 is 6.03 Å². The van der Waals surface area contributed by atoms with Crippen molar-refractivity contribution in [2.75, 3.05) is 6.61 Å². The molecular weight excluding hydrogens is 304 g/mol. The quantitative estimate of drug-likeness (QED) is 0.807. The van der Waals surface area contributed by atoms with Crippen LogP contribution in [0.15, 0.2) is 18.2 Å². The number of amides is 2. The molecule has 2 atom stereocenters. The molecule has 1 aromatic carbocycles. The maximum atomic E-state index is 12.3. The van der Waals surface area contributed by atoms with Crippen molar-refractivity contribution in [3.63, 3.8) is 0 Å². The lowest BCUT2D eigenvalue weighted by molar-refractivity contribution is 0.229. The minimum atomic E-state index is -0.186. The minimum absolute atomic E-state index is 0.00533. The number of urea groups is 1. The van der Waals surface area contributed by atoms with Gasteiger partial charge < -0.3 is 15.4 Å². The van der Waals surface area contributed by atoms with Crippen molar-refractivity contribution in [1.82, 2.24) is 20.8 Å². The van der Waals surface area contributed by atoms with Gasteiger partial charge in [-0.15, -0.1) is 0 Å². The molecule has 0 aliphatic carbocycles. The Morgan fingerprint density at radius 3 is 2.92 bits per heavy atom. The van der Waals surface area contributed by atoms with Gasteiger partial charge in [-0.25, -0.2) is 4.79 Å². The normalized spacial score (nSPS) is 17.1. The number of rotatable bonds is 4. The summed E-state index contributed by atoms with van der Waals surface area (Å²) in [5.41, 5.74) is 5.35. The van der Waals surface area contributed by atoms with E-state index in [4.69, 9.17) is 4.74 Å². The first-order chi connectivity index (χ1) is 11.4. The number of H-pyrrole nitrogens is 1. The van der Waals surface area contributed by atoms with Gasteiger partial charge in [-0.3, -0.25) is 5.10 Å². The molecule has 0 saturated carbocycles. The predicted octanol–water partition coefficient (Wildman–Crippen LogP) is 2.70. The summed E-state index contributed by atoms with van der Waals surface area (Å²) in [7, 11) is 0. The number of hydrogen-bond acceptors (Lipinski definition) is 3. The molecule has 2 amide bonds. The second-order valence-electron chi connectivity index (χ2n) is 6.55.